The van der Waals surface area contributed by atoms with Gasteiger partial charge in [0.15, 0.2) is 12.3 Å². The first-order valence-electron chi connectivity index (χ1n) is 19.4. The molecule has 9 nitrogen and oxygen atoms in total. The van der Waals surface area contributed by atoms with Gasteiger partial charge in [0, 0.05) is 32.4 Å². The summed E-state index contributed by atoms with van der Waals surface area (Å²) in [5.41, 5.74) is -0.385. The summed E-state index contributed by atoms with van der Waals surface area (Å²) in [6.45, 7) is 21.8. The van der Waals surface area contributed by atoms with Crippen molar-refractivity contribution in [1.82, 2.24) is 9.55 Å². The van der Waals surface area contributed by atoms with E-state index in [4.69, 9.17) is 13.9 Å². The molecule has 0 aliphatic carbocycles. The highest BCUT2D eigenvalue weighted by atomic mass is 31.2. The summed E-state index contributed by atoms with van der Waals surface area (Å²) in [4.78, 5) is 53.8. The van der Waals surface area contributed by atoms with Crippen molar-refractivity contribution in [2.24, 2.45) is 0 Å². The van der Waals surface area contributed by atoms with Crippen LogP contribution in [-0.4, -0.2) is 72.6 Å². The first-order valence-corrected chi connectivity index (χ1v) is 24.1. The summed E-state index contributed by atoms with van der Waals surface area (Å²) < 4.78 is 21.1. The predicted octanol–water partition coefficient (Wildman–Crippen LogP) is 8.86. The van der Waals surface area contributed by atoms with Crippen LogP contribution in [0.1, 0.15) is 146 Å². The molecule has 4 atom stereocenters. The Kier molecular flexibility index (Phi) is 18.7. The molecule has 1 aromatic heterocycles. The second-order valence-electron chi connectivity index (χ2n) is 15.3. The monoisotopic (exact) mass is 725 g/mol. The summed E-state index contributed by atoms with van der Waals surface area (Å²) in [7, 11) is -3.60. The van der Waals surface area contributed by atoms with E-state index in [9.17, 15) is 19.2 Å². The lowest BCUT2D eigenvalue weighted by molar-refractivity contribution is -0.156. The van der Waals surface area contributed by atoms with Gasteiger partial charge in [-0.1, -0.05) is 88.5 Å². The Morgan fingerprint density at radius 1 is 0.816 bits per heavy atom. The zero-order valence-corrected chi connectivity index (χ0v) is 34.4. The molecule has 0 amide bonds. The molecule has 0 bridgehead atoms. The van der Waals surface area contributed by atoms with Crippen LogP contribution < -0.4 is 11.2 Å². The van der Waals surface area contributed by atoms with E-state index in [0.717, 1.165) is 6.42 Å². The van der Waals surface area contributed by atoms with Crippen LogP contribution in [0.2, 0.25) is 16.6 Å². The van der Waals surface area contributed by atoms with E-state index >= 15 is 0 Å². The number of aromatic amines is 1. The lowest BCUT2D eigenvalue weighted by Crippen LogP contribution is -2.54. The molecule has 1 aliphatic rings. The van der Waals surface area contributed by atoms with Crippen molar-refractivity contribution < 1.29 is 23.5 Å². The number of aromatic nitrogens is 2. The van der Waals surface area contributed by atoms with Crippen molar-refractivity contribution >= 4 is 27.3 Å². The molecule has 1 fully saturated rings. The molecule has 0 saturated carbocycles. The van der Waals surface area contributed by atoms with E-state index in [0.29, 0.717) is 12.8 Å². The first-order chi connectivity index (χ1) is 23.2. The number of nitrogens with zero attached hydrogens (tertiary/aromatic N) is 1. The minimum absolute atomic E-state index is 0.00463. The second-order valence-corrected chi connectivity index (χ2v) is 25.2. The fourth-order valence-corrected chi connectivity index (χ4v) is 18.8. The van der Waals surface area contributed by atoms with Gasteiger partial charge in [-0.15, -0.1) is 0 Å². The lowest BCUT2D eigenvalue weighted by atomic mass is 10.1. The third kappa shape index (κ3) is 12.0. The van der Waals surface area contributed by atoms with Crippen LogP contribution in [0.15, 0.2) is 21.9 Å². The van der Waals surface area contributed by atoms with E-state index in [1.54, 1.807) is 0 Å². The van der Waals surface area contributed by atoms with Crippen LogP contribution in [0.25, 0.3) is 0 Å². The maximum Gasteiger partial charge on any atom is 0.330 e. The van der Waals surface area contributed by atoms with Crippen molar-refractivity contribution in [3.8, 4) is 0 Å². The number of hydrogen-bond donors (Lipinski definition) is 1. The van der Waals surface area contributed by atoms with Gasteiger partial charge < -0.3 is 13.9 Å². The second kappa shape index (κ2) is 21.0. The Morgan fingerprint density at radius 2 is 1.35 bits per heavy atom. The van der Waals surface area contributed by atoms with Crippen molar-refractivity contribution in [3.63, 3.8) is 0 Å². The molecular weight excluding hydrogens is 655 g/mol. The number of carbonyl (C=O) groups excluding carboxylic acids is 2. The van der Waals surface area contributed by atoms with Crippen molar-refractivity contribution in [2.75, 3.05) is 24.6 Å². The Bertz CT molecular complexity index is 1220. The van der Waals surface area contributed by atoms with Gasteiger partial charge >= 0.3 is 11.7 Å². The van der Waals surface area contributed by atoms with E-state index in [1.165, 1.54) is 80.0 Å². The average Bonchev–Trinajstić information content (AvgIpc) is 3.38. The van der Waals surface area contributed by atoms with Gasteiger partial charge in [0.1, 0.15) is 11.9 Å². The Balaban J connectivity index is 2.23. The first kappa shape index (κ1) is 43.6. The number of ether oxygens (including phenoxy) is 2. The van der Waals surface area contributed by atoms with Gasteiger partial charge in [0.2, 0.25) is 8.32 Å². The molecular formula is C38H70N2O7PSi+. The van der Waals surface area contributed by atoms with E-state index in [1.807, 2.05) is 6.92 Å². The standard InChI is InChI=1S/C38H69N2O7PSi/c1-11-15-24-48(25-16-12-2,26-17-13-3)27-18-19-31(41)20-21-34(43)46-35-32(14-4)45-37(40-23-22-33(42)39-38(40)44)36(35)47-49(28(5)6,29(7)8)30(9)10/h22-23,28-30,32,35-37H,11-21,24-27H2,1-10H3/p+1/t32-,35+,36?,37-/m1/s1. The largest absolute Gasteiger partial charge is 0.457 e. The van der Waals surface area contributed by atoms with Crippen LogP contribution in [0, 0.1) is 0 Å². The van der Waals surface area contributed by atoms with Crippen molar-refractivity contribution in [1.29, 1.82) is 0 Å². The number of ketones is 1. The van der Waals surface area contributed by atoms with Crippen LogP contribution in [0.5, 0.6) is 0 Å². The Hall–Kier alpha value is -1.61. The molecule has 49 heavy (non-hydrogen) atoms. The van der Waals surface area contributed by atoms with Gasteiger partial charge in [-0.25, -0.2) is 4.79 Å². The maximum atomic E-state index is 13.4. The number of carbonyl (C=O) groups is 2. The van der Waals surface area contributed by atoms with Crippen LogP contribution >= 0.6 is 7.26 Å². The average molecular weight is 726 g/mol. The van der Waals surface area contributed by atoms with Gasteiger partial charge in [-0.05, 0) is 48.7 Å². The number of nitrogens with one attached hydrogen (secondary N) is 1. The van der Waals surface area contributed by atoms with E-state index in [-0.39, 0.29) is 35.2 Å². The third-order valence-corrected chi connectivity index (χ3v) is 21.9. The number of unbranched alkanes of at least 4 members (excludes halogenated alkanes) is 3. The molecule has 2 heterocycles. The molecule has 0 aromatic carbocycles. The fraction of sp³-hybridized carbons (Fsp3) is 0.842. The quantitative estimate of drug-likeness (QED) is 0.0643. The molecule has 1 N–H and O–H groups in total. The third-order valence-electron chi connectivity index (χ3n) is 10.8. The number of H-pyrrole nitrogens is 1. The molecule has 1 aromatic rings. The minimum atomic E-state index is -2.53. The molecule has 0 radical (unpaired) electrons. The highest BCUT2D eigenvalue weighted by molar-refractivity contribution is 7.75. The van der Waals surface area contributed by atoms with Gasteiger partial charge in [-0.2, -0.15) is 0 Å². The molecule has 0 spiro atoms. The summed E-state index contributed by atoms with van der Waals surface area (Å²) in [6.07, 6.45) is 13.3. The summed E-state index contributed by atoms with van der Waals surface area (Å²) in [6, 6.07) is 1.29. The summed E-state index contributed by atoms with van der Waals surface area (Å²) in [5.74, 6) is -0.340. The highest BCUT2D eigenvalue weighted by Gasteiger charge is 2.55. The molecule has 1 unspecified atom stereocenters. The fourth-order valence-electron chi connectivity index (χ4n) is 8.14. The zero-order valence-electron chi connectivity index (χ0n) is 32.6. The molecule has 1 saturated heterocycles. The van der Waals surface area contributed by atoms with Crippen LogP contribution in [0.4, 0.5) is 0 Å². The van der Waals surface area contributed by atoms with Crippen molar-refractivity contribution in [2.45, 2.75) is 181 Å². The van der Waals surface area contributed by atoms with Gasteiger partial charge in [-0.3, -0.25) is 23.9 Å². The number of Topliss-reactive ketones (excluding diaryl/α,β-unsaturated/α-hetero) is 1. The molecule has 11 heteroatoms. The van der Waals surface area contributed by atoms with E-state index < -0.39 is 57.3 Å². The van der Waals surface area contributed by atoms with Gasteiger partial charge in [0.05, 0.1) is 37.2 Å². The van der Waals surface area contributed by atoms with Crippen molar-refractivity contribution in [3.05, 3.63) is 33.1 Å². The highest BCUT2D eigenvalue weighted by Crippen LogP contribution is 2.61. The summed E-state index contributed by atoms with van der Waals surface area (Å²) >= 11 is 0. The molecule has 282 valence electrons. The molecule has 1 aliphatic heterocycles. The zero-order chi connectivity index (χ0) is 36.8. The van der Waals surface area contributed by atoms with E-state index in [2.05, 4.69) is 67.3 Å². The number of esters is 1. The SMILES string of the molecule is CCCC[P+](CCCC)(CCCC)CCCC(=O)CCC(=O)O[C@@H]1C(O[Si](C(C)C)(C(C)C)C(C)C)[C@H](n2ccc(=O)[nH]c2=O)O[C@@H]1CC. The van der Waals surface area contributed by atoms with Crippen LogP contribution in [-0.2, 0) is 23.5 Å². The topological polar surface area (TPSA) is 117 Å². The van der Waals surface area contributed by atoms with Gasteiger partial charge in [0.25, 0.3) is 5.56 Å². The summed E-state index contributed by atoms with van der Waals surface area (Å²) in [5, 5.41) is 0. The lowest BCUT2D eigenvalue weighted by Gasteiger charge is -2.45. The Labute approximate surface area is 298 Å². The number of rotatable bonds is 24. The van der Waals surface area contributed by atoms with Crippen LogP contribution in [0.3, 0.4) is 0 Å². The molecule has 2 rings (SSSR count). The maximum absolute atomic E-state index is 13.4. The predicted molar refractivity (Wildman–Crippen MR) is 206 cm³/mol. The normalized spacial score (nSPS) is 20.1. The number of hydrogen-bond acceptors (Lipinski definition) is 7. The Morgan fingerprint density at radius 3 is 1.82 bits per heavy atom. The smallest absolute Gasteiger partial charge is 0.330 e. The minimum Gasteiger partial charge on any atom is -0.457 e.